The van der Waals surface area contributed by atoms with E-state index < -0.39 is 4.92 Å². The van der Waals surface area contributed by atoms with Crippen LogP contribution in [-0.4, -0.2) is 22.5 Å². The number of phenolic OH excluding ortho intramolecular Hbond substituents is 1. The molecule has 0 heterocycles. The zero-order valence-electron chi connectivity index (χ0n) is 9.77. The second-order valence-corrected chi connectivity index (χ2v) is 3.49. The minimum absolute atomic E-state index is 0.104. The van der Waals surface area contributed by atoms with Crippen molar-refractivity contribution in [3.05, 3.63) is 33.9 Å². The second-order valence-electron chi connectivity index (χ2n) is 3.49. The van der Waals surface area contributed by atoms with Crippen LogP contribution in [0.15, 0.2) is 18.2 Å². The lowest BCUT2D eigenvalue weighted by Gasteiger charge is -1.97. The van der Waals surface area contributed by atoms with Gasteiger partial charge in [-0.05, 0) is 6.07 Å². The van der Waals surface area contributed by atoms with Crippen LogP contribution in [0.4, 0.5) is 5.69 Å². The van der Waals surface area contributed by atoms with E-state index in [0.29, 0.717) is 13.0 Å². The summed E-state index contributed by atoms with van der Waals surface area (Å²) in [5, 5.41) is 22.6. The number of non-ortho nitro benzene ring substituents is 1. The Kier molecular flexibility index (Phi) is 4.69. The van der Waals surface area contributed by atoms with Gasteiger partial charge < -0.3 is 10.4 Å². The van der Waals surface area contributed by atoms with Crippen molar-refractivity contribution in [3.63, 3.8) is 0 Å². The molecule has 6 nitrogen and oxygen atoms in total. The Hall–Kier alpha value is -2.55. The van der Waals surface area contributed by atoms with Gasteiger partial charge in [-0.3, -0.25) is 14.9 Å². The van der Waals surface area contributed by atoms with Gasteiger partial charge in [0.1, 0.15) is 5.75 Å². The fourth-order valence-corrected chi connectivity index (χ4v) is 1.20. The number of phenols is 1. The lowest BCUT2D eigenvalue weighted by molar-refractivity contribution is -0.384. The van der Waals surface area contributed by atoms with E-state index >= 15 is 0 Å². The molecule has 1 amide bonds. The zero-order valence-corrected chi connectivity index (χ0v) is 9.77. The Morgan fingerprint density at radius 2 is 2.28 bits per heavy atom. The summed E-state index contributed by atoms with van der Waals surface area (Å²) in [5.41, 5.74) is 0.0750. The van der Waals surface area contributed by atoms with Crippen molar-refractivity contribution in [2.45, 2.75) is 13.3 Å². The van der Waals surface area contributed by atoms with Gasteiger partial charge in [-0.15, -0.1) is 0 Å². The number of rotatable bonds is 3. The molecular weight excluding hydrogens is 236 g/mol. The monoisotopic (exact) mass is 248 g/mol. The first-order valence-corrected chi connectivity index (χ1v) is 5.21. The van der Waals surface area contributed by atoms with Crippen LogP contribution in [0.3, 0.4) is 0 Å². The second kappa shape index (κ2) is 6.25. The average Bonchev–Trinajstić information content (AvgIpc) is 2.30. The smallest absolute Gasteiger partial charge is 0.270 e. The molecule has 0 fully saturated rings. The molecule has 1 aromatic rings. The molecule has 0 aromatic heterocycles. The van der Waals surface area contributed by atoms with Gasteiger partial charge >= 0.3 is 0 Å². The number of carbonyl (C=O) groups excluding carboxylic acids is 1. The normalized spacial score (nSPS) is 9.17. The topological polar surface area (TPSA) is 92.5 Å². The number of hydrogen-bond donors (Lipinski definition) is 2. The Morgan fingerprint density at radius 1 is 1.56 bits per heavy atom. The van der Waals surface area contributed by atoms with E-state index in [-0.39, 0.29) is 22.9 Å². The van der Waals surface area contributed by atoms with E-state index in [1.165, 1.54) is 25.1 Å². The Morgan fingerprint density at radius 3 is 2.89 bits per heavy atom. The Labute approximate surface area is 104 Å². The molecule has 0 radical (unpaired) electrons. The number of nitro groups is 1. The van der Waals surface area contributed by atoms with Crippen LogP contribution in [0.5, 0.6) is 5.75 Å². The lowest BCUT2D eigenvalue weighted by atomic mass is 10.2. The summed E-state index contributed by atoms with van der Waals surface area (Å²) in [6.07, 6.45) is 0.404. The zero-order chi connectivity index (χ0) is 13.5. The number of benzene rings is 1. The van der Waals surface area contributed by atoms with Gasteiger partial charge in [-0.2, -0.15) is 0 Å². The summed E-state index contributed by atoms with van der Waals surface area (Å²) >= 11 is 0. The third kappa shape index (κ3) is 4.14. The van der Waals surface area contributed by atoms with Crippen molar-refractivity contribution < 1.29 is 14.8 Å². The van der Waals surface area contributed by atoms with Crippen LogP contribution >= 0.6 is 0 Å². The molecule has 0 aliphatic heterocycles. The molecule has 1 rings (SSSR count). The number of hydrogen-bond acceptors (Lipinski definition) is 4. The van der Waals surface area contributed by atoms with E-state index in [9.17, 15) is 20.0 Å². The highest BCUT2D eigenvalue weighted by atomic mass is 16.6. The predicted octanol–water partition coefficient (Wildman–Crippen LogP) is 1.18. The van der Waals surface area contributed by atoms with Crippen molar-refractivity contribution in [1.82, 2.24) is 5.32 Å². The molecular formula is C12H12N2O4. The molecule has 0 aliphatic rings. The van der Waals surface area contributed by atoms with Crippen LogP contribution in [0.25, 0.3) is 0 Å². The first kappa shape index (κ1) is 13.5. The van der Waals surface area contributed by atoms with E-state index in [0.717, 1.165) is 0 Å². The molecule has 0 spiro atoms. The van der Waals surface area contributed by atoms with Gasteiger partial charge in [0, 0.05) is 32.0 Å². The summed E-state index contributed by atoms with van der Waals surface area (Å²) in [4.78, 5) is 20.6. The SMILES string of the molecule is CC(=O)NCCC#Cc1cc([N+](=O)[O-])ccc1O. The molecule has 0 atom stereocenters. The highest BCUT2D eigenvalue weighted by Gasteiger charge is 2.08. The number of amides is 1. The highest BCUT2D eigenvalue weighted by Crippen LogP contribution is 2.21. The van der Waals surface area contributed by atoms with Crippen molar-refractivity contribution in [2.24, 2.45) is 0 Å². The maximum atomic E-state index is 10.6. The van der Waals surface area contributed by atoms with Crippen molar-refractivity contribution in [3.8, 4) is 17.6 Å². The quantitative estimate of drug-likeness (QED) is 0.363. The average molecular weight is 248 g/mol. The molecule has 0 aliphatic carbocycles. The van der Waals surface area contributed by atoms with Gasteiger partial charge in [-0.1, -0.05) is 11.8 Å². The van der Waals surface area contributed by atoms with Crippen LogP contribution in [0.2, 0.25) is 0 Å². The molecule has 0 bridgehead atoms. The molecule has 94 valence electrons. The number of aromatic hydroxyl groups is 1. The van der Waals surface area contributed by atoms with E-state index in [4.69, 9.17) is 0 Å². The maximum Gasteiger partial charge on any atom is 0.270 e. The molecule has 0 saturated heterocycles. The molecule has 2 N–H and O–H groups in total. The van der Waals surface area contributed by atoms with Gasteiger partial charge in [0.05, 0.1) is 10.5 Å². The lowest BCUT2D eigenvalue weighted by Crippen LogP contribution is -2.20. The summed E-state index contributed by atoms with van der Waals surface area (Å²) < 4.78 is 0. The molecule has 1 aromatic carbocycles. The fourth-order valence-electron chi connectivity index (χ4n) is 1.20. The molecule has 6 heteroatoms. The van der Waals surface area contributed by atoms with Gasteiger partial charge in [0.25, 0.3) is 5.69 Å². The standard InChI is InChI=1S/C12H12N2O4/c1-9(15)13-7-3-2-4-10-8-11(14(17)18)5-6-12(10)16/h5-6,8,16H,3,7H2,1H3,(H,13,15). The summed E-state index contributed by atoms with van der Waals surface area (Å²) in [7, 11) is 0. The number of nitrogens with one attached hydrogen (secondary N) is 1. The van der Waals surface area contributed by atoms with E-state index in [1.807, 2.05) is 0 Å². The summed E-state index contributed by atoms with van der Waals surface area (Å²) in [6.45, 7) is 1.80. The Balaban J connectivity index is 2.71. The van der Waals surface area contributed by atoms with Crippen LogP contribution in [-0.2, 0) is 4.79 Å². The third-order valence-corrected chi connectivity index (χ3v) is 2.04. The predicted molar refractivity (Wildman–Crippen MR) is 64.9 cm³/mol. The maximum absolute atomic E-state index is 10.6. The summed E-state index contributed by atoms with van der Waals surface area (Å²) in [6, 6.07) is 3.65. The van der Waals surface area contributed by atoms with Crippen molar-refractivity contribution >= 4 is 11.6 Å². The van der Waals surface area contributed by atoms with Crippen LogP contribution < -0.4 is 5.32 Å². The van der Waals surface area contributed by atoms with E-state index in [1.54, 1.807) is 0 Å². The van der Waals surface area contributed by atoms with Crippen molar-refractivity contribution in [2.75, 3.05) is 6.54 Å². The molecule has 0 saturated carbocycles. The van der Waals surface area contributed by atoms with Gasteiger partial charge in [-0.25, -0.2) is 0 Å². The van der Waals surface area contributed by atoms with Gasteiger partial charge in [0.2, 0.25) is 5.91 Å². The van der Waals surface area contributed by atoms with Gasteiger partial charge in [0.15, 0.2) is 0 Å². The minimum atomic E-state index is -0.554. The van der Waals surface area contributed by atoms with Crippen LogP contribution in [0.1, 0.15) is 18.9 Å². The van der Waals surface area contributed by atoms with Crippen molar-refractivity contribution in [1.29, 1.82) is 0 Å². The third-order valence-electron chi connectivity index (χ3n) is 2.04. The number of carbonyl (C=O) groups is 1. The van der Waals surface area contributed by atoms with E-state index in [2.05, 4.69) is 17.2 Å². The first-order valence-electron chi connectivity index (χ1n) is 5.21. The summed E-state index contributed by atoms with van der Waals surface area (Å²) in [5.74, 6) is 5.10. The largest absolute Gasteiger partial charge is 0.507 e. The molecule has 18 heavy (non-hydrogen) atoms. The highest BCUT2D eigenvalue weighted by molar-refractivity contribution is 5.72. The molecule has 0 unspecified atom stereocenters. The first-order chi connectivity index (χ1) is 8.50. The Bertz CT molecular complexity index is 529. The number of nitrogens with zero attached hydrogens (tertiary/aromatic N) is 1. The minimum Gasteiger partial charge on any atom is -0.507 e. The number of nitro benzene ring substituents is 1. The van der Waals surface area contributed by atoms with Crippen LogP contribution in [0, 0.1) is 22.0 Å². The fraction of sp³-hybridized carbons (Fsp3) is 0.250.